The molecule has 3 N–H and O–H groups in total. The summed E-state index contributed by atoms with van der Waals surface area (Å²) >= 11 is 0. The predicted molar refractivity (Wildman–Crippen MR) is 130 cm³/mol. The van der Waals surface area contributed by atoms with E-state index in [1.54, 1.807) is 32.9 Å². The Balaban J connectivity index is 1.87. The maximum atomic E-state index is 14.4. The molecule has 4 aliphatic rings. The highest BCUT2D eigenvalue weighted by molar-refractivity contribution is 5.95. The Morgan fingerprint density at radius 3 is 2.33 bits per heavy atom. The molecule has 8 nitrogen and oxygen atoms in total. The van der Waals surface area contributed by atoms with Crippen molar-refractivity contribution in [1.29, 1.82) is 0 Å². The molecular formula is C28H40O8. The minimum atomic E-state index is -2.26. The highest BCUT2D eigenvalue weighted by Crippen LogP contribution is 2.75. The minimum Gasteiger partial charge on any atom is -0.461 e. The van der Waals surface area contributed by atoms with Gasteiger partial charge >= 0.3 is 11.9 Å². The summed E-state index contributed by atoms with van der Waals surface area (Å²) in [6.07, 6.45) is 0.330. The van der Waals surface area contributed by atoms with Crippen LogP contribution >= 0.6 is 0 Å². The molecule has 36 heavy (non-hydrogen) atoms. The van der Waals surface area contributed by atoms with Crippen molar-refractivity contribution in [1.82, 2.24) is 0 Å². The normalized spacial score (nSPS) is 43.3. The first-order valence-electron chi connectivity index (χ1n) is 12.9. The smallest absolute Gasteiger partial charge is 0.309 e. The molecular weight excluding hydrogens is 464 g/mol. The van der Waals surface area contributed by atoms with E-state index in [-0.39, 0.29) is 29.8 Å². The molecule has 4 aliphatic carbocycles. The van der Waals surface area contributed by atoms with Crippen molar-refractivity contribution >= 4 is 17.7 Å². The summed E-state index contributed by atoms with van der Waals surface area (Å²) in [6.45, 7) is 13.9. The summed E-state index contributed by atoms with van der Waals surface area (Å²) in [7, 11) is 0. The lowest BCUT2D eigenvalue weighted by Gasteiger charge is -2.48. The summed E-state index contributed by atoms with van der Waals surface area (Å²) in [5, 5.41) is 34.9. The zero-order valence-electron chi connectivity index (χ0n) is 22.5. The number of Topliss-reactive ketones (excluding diaryl/α,β-unsaturated/α-hetero) is 1. The molecule has 2 fully saturated rings. The average Bonchev–Trinajstić information content (AvgIpc) is 3.19. The Morgan fingerprint density at radius 1 is 1.17 bits per heavy atom. The number of carbonyl (C=O) groups is 3. The maximum Gasteiger partial charge on any atom is 0.309 e. The molecule has 1 spiro atoms. The molecule has 0 aromatic rings. The van der Waals surface area contributed by atoms with E-state index >= 15 is 0 Å². The van der Waals surface area contributed by atoms with Crippen LogP contribution in [0, 0.1) is 40.4 Å². The summed E-state index contributed by atoms with van der Waals surface area (Å²) in [5.41, 5.74) is -4.79. The summed E-state index contributed by atoms with van der Waals surface area (Å²) in [4.78, 5) is 39.2. The third-order valence-corrected chi connectivity index (χ3v) is 9.95. The van der Waals surface area contributed by atoms with Gasteiger partial charge in [0, 0.05) is 24.2 Å². The number of aliphatic hydroxyl groups excluding tert-OH is 2. The number of allylic oxidation sites excluding steroid dienone is 1. The molecule has 200 valence electrons. The van der Waals surface area contributed by atoms with Crippen molar-refractivity contribution in [3.63, 3.8) is 0 Å². The summed E-state index contributed by atoms with van der Waals surface area (Å²) in [5.74, 6) is -3.36. The van der Waals surface area contributed by atoms with Crippen LogP contribution in [0.2, 0.25) is 0 Å². The van der Waals surface area contributed by atoms with Crippen molar-refractivity contribution in [3.8, 4) is 0 Å². The van der Waals surface area contributed by atoms with Crippen LogP contribution in [0.1, 0.15) is 61.8 Å². The van der Waals surface area contributed by atoms with Crippen molar-refractivity contribution in [2.24, 2.45) is 40.4 Å². The molecule has 0 aromatic heterocycles. The van der Waals surface area contributed by atoms with Gasteiger partial charge in [-0.05, 0) is 36.3 Å². The van der Waals surface area contributed by atoms with Crippen LogP contribution in [-0.2, 0) is 23.9 Å². The molecule has 2 saturated carbocycles. The molecule has 8 heteroatoms. The van der Waals surface area contributed by atoms with Gasteiger partial charge in [-0.25, -0.2) is 0 Å². The lowest BCUT2D eigenvalue weighted by atomic mass is 9.59. The number of carbonyl (C=O) groups excluding carboxylic acids is 3. The van der Waals surface area contributed by atoms with E-state index in [9.17, 15) is 29.7 Å². The second kappa shape index (κ2) is 8.23. The van der Waals surface area contributed by atoms with Gasteiger partial charge in [0.1, 0.15) is 30.0 Å². The molecule has 0 radical (unpaired) electrons. The molecule has 0 aromatic carbocycles. The van der Waals surface area contributed by atoms with Crippen LogP contribution in [0.25, 0.3) is 0 Å². The Hall–Kier alpha value is -2.03. The molecule has 9 atom stereocenters. The number of esters is 2. The number of hydrogen-bond acceptors (Lipinski definition) is 8. The Kier molecular flexibility index (Phi) is 6.18. The second-order valence-corrected chi connectivity index (χ2v) is 12.4. The van der Waals surface area contributed by atoms with E-state index in [2.05, 4.69) is 0 Å². The van der Waals surface area contributed by atoms with Crippen molar-refractivity contribution in [2.75, 3.05) is 6.61 Å². The molecule has 4 rings (SSSR count). The van der Waals surface area contributed by atoms with Crippen LogP contribution in [0.5, 0.6) is 0 Å². The number of ketones is 1. The van der Waals surface area contributed by atoms with Crippen LogP contribution in [0.3, 0.4) is 0 Å². The highest BCUT2D eigenvalue weighted by Gasteiger charge is 2.83. The van der Waals surface area contributed by atoms with Crippen LogP contribution in [0.15, 0.2) is 23.3 Å². The maximum absolute atomic E-state index is 14.4. The molecule has 0 heterocycles. The molecule has 0 aliphatic heterocycles. The fourth-order valence-corrected chi connectivity index (χ4v) is 7.53. The summed E-state index contributed by atoms with van der Waals surface area (Å²) < 4.78 is 11.5. The van der Waals surface area contributed by atoms with E-state index in [4.69, 9.17) is 9.47 Å². The van der Waals surface area contributed by atoms with Crippen LogP contribution in [0.4, 0.5) is 0 Å². The average molecular weight is 505 g/mol. The van der Waals surface area contributed by atoms with Crippen LogP contribution in [-0.4, -0.2) is 63.1 Å². The second-order valence-electron chi connectivity index (χ2n) is 12.4. The summed E-state index contributed by atoms with van der Waals surface area (Å²) in [6, 6.07) is 0. The van der Waals surface area contributed by atoms with E-state index in [1.165, 1.54) is 6.92 Å². The third-order valence-electron chi connectivity index (χ3n) is 9.95. The third kappa shape index (κ3) is 3.19. The standard InChI is InChI=1S/C28H40O8/c1-13(2)16(5)24(33)35-12-18-9-19-20-25(7,8)27(20,36-17(6)29)11-15(4)26(23(19)32)10-14(3)21(30)28(26,34)22(18)31/h9-10,13,15-16,19-22,30-31,34H,11-12H2,1-8H3/t15-,16?,19+,20-,21+,22-,26+,27+,28-/m1/s1. The largest absolute Gasteiger partial charge is 0.461 e. The topological polar surface area (TPSA) is 130 Å². The Morgan fingerprint density at radius 2 is 1.78 bits per heavy atom. The van der Waals surface area contributed by atoms with Gasteiger partial charge < -0.3 is 24.8 Å². The fraction of sp³-hybridized carbons (Fsp3) is 0.750. The minimum absolute atomic E-state index is 0.0447. The van der Waals surface area contributed by atoms with Gasteiger partial charge in [0.05, 0.1) is 11.3 Å². The van der Waals surface area contributed by atoms with Crippen LogP contribution < -0.4 is 0 Å². The zero-order valence-corrected chi connectivity index (χ0v) is 22.5. The lowest BCUT2D eigenvalue weighted by Crippen LogP contribution is -2.65. The predicted octanol–water partition coefficient (Wildman–Crippen LogP) is 2.34. The Bertz CT molecular complexity index is 1060. The fourth-order valence-electron chi connectivity index (χ4n) is 7.53. The van der Waals surface area contributed by atoms with Crippen molar-refractivity contribution in [3.05, 3.63) is 23.3 Å². The number of rotatable bonds is 5. The highest BCUT2D eigenvalue weighted by atomic mass is 16.6. The first-order valence-corrected chi connectivity index (χ1v) is 12.9. The van der Waals surface area contributed by atoms with Crippen molar-refractivity contribution in [2.45, 2.75) is 85.2 Å². The van der Waals surface area contributed by atoms with Gasteiger partial charge in [-0.2, -0.15) is 0 Å². The van der Waals surface area contributed by atoms with Gasteiger partial charge in [-0.1, -0.05) is 53.7 Å². The van der Waals surface area contributed by atoms with Gasteiger partial charge in [-0.15, -0.1) is 0 Å². The number of fused-ring (bicyclic) bond motifs is 3. The van der Waals surface area contributed by atoms with Gasteiger partial charge in [0.15, 0.2) is 5.78 Å². The van der Waals surface area contributed by atoms with Gasteiger partial charge in [0.2, 0.25) is 0 Å². The lowest BCUT2D eigenvalue weighted by molar-refractivity contribution is -0.192. The first-order chi connectivity index (χ1) is 16.5. The number of aliphatic hydroxyl groups is 3. The monoisotopic (exact) mass is 504 g/mol. The van der Waals surface area contributed by atoms with Crippen molar-refractivity contribution < 1.29 is 39.2 Å². The zero-order chi connectivity index (χ0) is 27.2. The van der Waals surface area contributed by atoms with Gasteiger partial charge in [0.25, 0.3) is 0 Å². The Labute approximate surface area is 212 Å². The molecule has 2 bridgehead atoms. The molecule has 0 amide bonds. The van der Waals surface area contributed by atoms with E-state index < -0.39 is 63.9 Å². The first kappa shape index (κ1) is 27.0. The molecule has 1 unspecified atom stereocenters. The SMILES string of the molecule is CC(=O)O[C@@]12C[C@@H](C)[C@]34C=C(C)[C@H](O)[C@@]3(O)[C@H](O)C(COC(=O)C(C)C(C)C)=C[C@H](C4=O)[C@@H]1C2(C)C. The number of ether oxygens (including phenoxy) is 2. The molecule has 0 saturated heterocycles. The van der Waals surface area contributed by atoms with E-state index in [1.807, 2.05) is 27.7 Å². The van der Waals surface area contributed by atoms with Gasteiger partial charge in [-0.3, -0.25) is 14.4 Å². The number of hydrogen-bond donors (Lipinski definition) is 3. The van der Waals surface area contributed by atoms with E-state index in [0.717, 1.165) is 0 Å². The van der Waals surface area contributed by atoms with E-state index in [0.29, 0.717) is 12.0 Å². The quantitative estimate of drug-likeness (QED) is 0.384.